The summed E-state index contributed by atoms with van der Waals surface area (Å²) in [5.74, 6) is 11.1. The molecule has 4 heteroatoms. The number of hydrogen-bond donors (Lipinski definition) is 2. The molecular weight excluding hydrogens is 198 g/mol. The minimum absolute atomic E-state index is 0.115. The van der Waals surface area contributed by atoms with Gasteiger partial charge in [-0.2, -0.15) is 0 Å². The molecular formula is C10H12ClN3. The number of hydrazine groups is 1. The van der Waals surface area contributed by atoms with Crippen molar-refractivity contribution in [1.29, 1.82) is 0 Å². The van der Waals surface area contributed by atoms with E-state index in [0.29, 0.717) is 11.4 Å². The average Bonchev–Trinajstić information content (AvgIpc) is 2.21. The molecule has 1 aromatic heterocycles. The minimum Gasteiger partial charge on any atom is -0.271 e. The molecule has 0 aliphatic rings. The number of halogens is 1. The van der Waals surface area contributed by atoms with Gasteiger partial charge in [0.05, 0.1) is 16.8 Å². The monoisotopic (exact) mass is 209 g/mol. The standard InChI is InChI=1S/C10H12ClN3/c1-2-3-6-9(14-12)10-8(11)5-4-7-13-10/h4-5,7,9,14H,6,12H2,1H3. The first-order chi connectivity index (χ1) is 6.79. The maximum absolute atomic E-state index is 5.97. The zero-order valence-corrected chi connectivity index (χ0v) is 8.67. The number of rotatable bonds is 3. The third-order valence-corrected chi connectivity index (χ3v) is 2.12. The number of nitrogens with two attached hydrogens (primary N) is 1. The fourth-order valence-electron chi connectivity index (χ4n) is 1.09. The van der Waals surface area contributed by atoms with Crippen LogP contribution in [0.25, 0.3) is 0 Å². The van der Waals surface area contributed by atoms with Gasteiger partial charge in [0.1, 0.15) is 0 Å². The van der Waals surface area contributed by atoms with Crippen molar-refractivity contribution in [2.24, 2.45) is 5.84 Å². The van der Waals surface area contributed by atoms with Crippen LogP contribution in [0.5, 0.6) is 0 Å². The summed E-state index contributed by atoms with van der Waals surface area (Å²) in [4.78, 5) is 4.16. The summed E-state index contributed by atoms with van der Waals surface area (Å²) < 4.78 is 0. The van der Waals surface area contributed by atoms with Crippen LogP contribution in [0.4, 0.5) is 0 Å². The Morgan fingerprint density at radius 2 is 2.50 bits per heavy atom. The molecule has 1 unspecified atom stereocenters. The van der Waals surface area contributed by atoms with Crippen LogP contribution in [0.15, 0.2) is 18.3 Å². The lowest BCUT2D eigenvalue weighted by Gasteiger charge is -2.13. The molecule has 0 amide bonds. The van der Waals surface area contributed by atoms with Crippen molar-refractivity contribution in [3.63, 3.8) is 0 Å². The molecule has 3 N–H and O–H groups in total. The van der Waals surface area contributed by atoms with E-state index >= 15 is 0 Å². The molecule has 0 aromatic carbocycles. The van der Waals surface area contributed by atoms with E-state index in [1.807, 2.05) is 0 Å². The first kappa shape index (κ1) is 11.0. The lowest BCUT2D eigenvalue weighted by molar-refractivity contribution is 0.554. The molecule has 0 spiro atoms. The zero-order chi connectivity index (χ0) is 10.4. The molecule has 0 bridgehead atoms. The van der Waals surface area contributed by atoms with Gasteiger partial charge in [-0.15, -0.1) is 11.8 Å². The van der Waals surface area contributed by atoms with Gasteiger partial charge in [0.15, 0.2) is 0 Å². The summed E-state index contributed by atoms with van der Waals surface area (Å²) >= 11 is 5.97. The molecule has 3 nitrogen and oxygen atoms in total. The quantitative estimate of drug-likeness (QED) is 0.452. The van der Waals surface area contributed by atoms with E-state index in [1.165, 1.54) is 0 Å². The van der Waals surface area contributed by atoms with Gasteiger partial charge >= 0.3 is 0 Å². The Balaban J connectivity index is 2.87. The zero-order valence-electron chi connectivity index (χ0n) is 7.92. The number of nitrogens with one attached hydrogen (secondary N) is 1. The predicted molar refractivity (Wildman–Crippen MR) is 57.4 cm³/mol. The van der Waals surface area contributed by atoms with Crippen LogP contribution in [0, 0.1) is 11.8 Å². The lowest BCUT2D eigenvalue weighted by atomic mass is 10.1. The molecule has 0 aliphatic carbocycles. The van der Waals surface area contributed by atoms with E-state index < -0.39 is 0 Å². The Bertz CT molecular complexity index is 354. The third kappa shape index (κ3) is 2.71. The van der Waals surface area contributed by atoms with Gasteiger partial charge in [-0.1, -0.05) is 11.6 Å². The highest BCUT2D eigenvalue weighted by Gasteiger charge is 2.12. The van der Waals surface area contributed by atoms with E-state index in [9.17, 15) is 0 Å². The predicted octanol–water partition coefficient (Wildman–Crippen LogP) is 1.65. The molecule has 0 saturated carbocycles. The highest BCUT2D eigenvalue weighted by atomic mass is 35.5. The molecule has 1 heterocycles. The van der Waals surface area contributed by atoms with Gasteiger partial charge in [0, 0.05) is 12.6 Å². The number of aromatic nitrogens is 1. The van der Waals surface area contributed by atoms with Crippen molar-refractivity contribution in [2.75, 3.05) is 0 Å². The fraction of sp³-hybridized carbons (Fsp3) is 0.300. The minimum atomic E-state index is -0.115. The van der Waals surface area contributed by atoms with Crippen molar-refractivity contribution in [2.45, 2.75) is 19.4 Å². The van der Waals surface area contributed by atoms with Crippen LogP contribution in [-0.4, -0.2) is 4.98 Å². The average molecular weight is 210 g/mol. The molecule has 0 fully saturated rings. The van der Waals surface area contributed by atoms with Crippen LogP contribution < -0.4 is 11.3 Å². The van der Waals surface area contributed by atoms with E-state index in [0.717, 1.165) is 5.69 Å². The number of hydrogen-bond acceptors (Lipinski definition) is 3. The number of pyridine rings is 1. The molecule has 0 aliphatic heterocycles. The van der Waals surface area contributed by atoms with Crippen LogP contribution in [-0.2, 0) is 0 Å². The molecule has 74 valence electrons. The Morgan fingerprint density at radius 1 is 1.71 bits per heavy atom. The van der Waals surface area contributed by atoms with Crippen molar-refractivity contribution >= 4 is 11.6 Å². The molecule has 0 radical (unpaired) electrons. The summed E-state index contributed by atoms with van der Waals surface area (Å²) in [6.07, 6.45) is 2.29. The SMILES string of the molecule is CC#CCC(NN)c1ncccc1Cl. The first-order valence-electron chi connectivity index (χ1n) is 4.25. The van der Waals surface area contributed by atoms with Gasteiger partial charge < -0.3 is 0 Å². The van der Waals surface area contributed by atoms with Gasteiger partial charge in [0.25, 0.3) is 0 Å². The summed E-state index contributed by atoms with van der Waals surface area (Å²) in [5.41, 5.74) is 3.38. The van der Waals surface area contributed by atoms with Crippen molar-refractivity contribution < 1.29 is 0 Å². The van der Waals surface area contributed by atoms with Crippen LogP contribution in [0.3, 0.4) is 0 Å². The van der Waals surface area contributed by atoms with Gasteiger partial charge in [-0.3, -0.25) is 16.3 Å². The second-order valence-electron chi connectivity index (χ2n) is 2.72. The molecule has 1 atom stereocenters. The van der Waals surface area contributed by atoms with Crippen LogP contribution in [0.2, 0.25) is 5.02 Å². The highest BCUT2D eigenvalue weighted by Crippen LogP contribution is 2.21. The maximum Gasteiger partial charge on any atom is 0.0782 e. The largest absolute Gasteiger partial charge is 0.271 e. The Kier molecular flexibility index (Phi) is 4.41. The summed E-state index contributed by atoms with van der Waals surface area (Å²) in [6, 6.07) is 3.45. The topological polar surface area (TPSA) is 50.9 Å². The fourth-order valence-corrected chi connectivity index (χ4v) is 1.35. The Morgan fingerprint density at radius 3 is 3.07 bits per heavy atom. The van der Waals surface area contributed by atoms with Crippen molar-refractivity contribution in [3.8, 4) is 11.8 Å². The maximum atomic E-state index is 5.97. The third-order valence-electron chi connectivity index (χ3n) is 1.80. The van der Waals surface area contributed by atoms with Crippen molar-refractivity contribution in [1.82, 2.24) is 10.4 Å². The molecule has 1 rings (SSSR count). The molecule has 14 heavy (non-hydrogen) atoms. The summed E-state index contributed by atoms with van der Waals surface area (Å²) in [5, 5.41) is 0.605. The van der Waals surface area contributed by atoms with Gasteiger partial charge in [0.2, 0.25) is 0 Å². The van der Waals surface area contributed by atoms with Crippen LogP contribution in [0.1, 0.15) is 25.1 Å². The first-order valence-corrected chi connectivity index (χ1v) is 4.63. The van der Waals surface area contributed by atoms with E-state index in [-0.39, 0.29) is 6.04 Å². The Labute approximate surface area is 88.6 Å². The van der Waals surface area contributed by atoms with Gasteiger partial charge in [-0.25, -0.2) is 0 Å². The summed E-state index contributed by atoms with van der Waals surface area (Å²) in [7, 11) is 0. The Hall–Kier alpha value is -1.08. The van der Waals surface area contributed by atoms with E-state index in [1.54, 1.807) is 25.3 Å². The van der Waals surface area contributed by atoms with Crippen LogP contribution >= 0.6 is 11.6 Å². The molecule has 1 aromatic rings. The van der Waals surface area contributed by atoms with Gasteiger partial charge in [-0.05, 0) is 19.1 Å². The normalized spacial score (nSPS) is 11.6. The van der Waals surface area contributed by atoms with E-state index in [4.69, 9.17) is 17.4 Å². The lowest BCUT2D eigenvalue weighted by Crippen LogP contribution is -2.28. The smallest absolute Gasteiger partial charge is 0.0782 e. The summed E-state index contributed by atoms with van der Waals surface area (Å²) in [6.45, 7) is 1.79. The molecule has 0 saturated heterocycles. The second kappa shape index (κ2) is 5.61. The second-order valence-corrected chi connectivity index (χ2v) is 3.13. The van der Waals surface area contributed by atoms with E-state index in [2.05, 4.69) is 22.3 Å². The van der Waals surface area contributed by atoms with Crippen molar-refractivity contribution in [3.05, 3.63) is 29.0 Å². The highest BCUT2D eigenvalue weighted by molar-refractivity contribution is 6.31. The number of nitrogens with zero attached hydrogens (tertiary/aromatic N) is 1.